The van der Waals surface area contributed by atoms with Gasteiger partial charge in [0.1, 0.15) is 5.75 Å². The Kier molecular flexibility index (Phi) is 5.44. The third-order valence-electron chi connectivity index (χ3n) is 2.05. The molecular weight excluding hydrogens is 216 g/mol. The molecule has 2 aromatic rings. The molecule has 0 saturated heterocycles. The summed E-state index contributed by atoms with van der Waals surface area (Å²) < 4.78 is 10.0. The molecule has 0 spiro atoms. The Morgan fingerprint density at radius 3 is 1.41 bits per heavy atom. The van der Waals surface area contributed by atoms with Crippen LogP contribution in [0.5, 0.6) is 17.2 Å². The van der Waals surface area contributed by atoms with E-state index >= 15 is 0 Å². The minimum absolute atomic E-state index is 0.322. The molecule has 0 bridgehead atoms. The van der Waals surface area contributed by atoms with Crippen LogP contribution in [0.25, 0.3) is 0 Å². The maximum atomic E-state index is 8.63. The second-order valence-corrected chi connectivity index (χ2v) is 3.19. The minimum Gasteiger partial charge on any atom is -0.508 e. The molecule has 17 heavy (non-hydrogen) atoms. The molecule has 0 radical (unpaired) electrons. The molecule has 0 aromatic heterocycles. The Morgan fingerprint density at radius 1 is 0.706 bits per heavy atom. The van der Waals surface area contributed by atoms with Gasteiger partial charge in [0.25, 0.3) is 0 Å². The standard InChI is InChI=1S/C8H10O2.C6H6O/c1-9-7-5-3-4-6-8(7)10-2;7-6-4-2-1-3-5-6/h3-6H,1-2H3;1-5,7H. The van der Waals surface area contributed by atoms with E-state index in [4.69, 9.17) is 14.6 Å². The van der Waals surface area contributed by atoms with Gasteiger partial charge in [0.15, 0.2) is 11.5 Å². The van der Waals surface area contributed by atoms with Crippen molar-refractivity contribution in [3.63, 3.8) is 0 Å². The summed E-state index contributed by atoms with van der Waals surface area (Å²) in [6.45, 7) is 0. The molecule has 0 heterocycles. The monoisotopic (exact) mass is 232 g/mol. The molecule has 3 nitrogen and oxygen atoms in total. The van der Waals surface area contributed by atoms with Gasteiger partial charge in [-0.05, 0) is 24.3 Å². The van der Waals surface area contributed by atoms with Crippen LogP contribution in [0.15, 0.2) is 54.6 Å². The van der Waals surface area contributed by atoms with E-state index in [-0.39, 0.29) is 0 Å². The van der Waals surface area contributed by atoms with Crippen molar-refractivity contribution in [2.45, 2.75) is 0 Å². The van der Waals surface area contributed by atoms with E-state index in [1.165, 1.54) is 0 Å². The van der Waals surface area contributed by atoms with Crippen molar-refractivity contribution in [3.05, 3.63) is 54.6 Å². The first-order chi connectivity index (χ1) is 8.27. The largest absolute Gasteiger partial charge is 0.508 e. The zero-order chi connectivity index (χ0) is 12.5. The highest BCUT2D eigenvalue weighted by atomic mass is 16.5. The number of rotatable bonds is 2. The van der Waals surface area contributed by atoms with Gasteiger partial charge in [0, 0.05) is 0 Å². The number of methoxy groups -OCH3 is 2. The van der Waals surface area contributed by atoms with Crippen molar-refractivity contribution in [2.24, 2.45) is 0 Å². The number of phenols is 1. The number of hydrogen-bond acceptors (Lipinski definition) is 3. The molecule has 0 aliphatic heterocycles. The summed E-state index contributed by atoms with van der Waals surface area (Å²) in [5.41, 5.74) is 0. The van der Waals surface area contributed by atoms with Crippen LogP contribution in [0.2, 0.25) is 0 Å². The molecule has 0 unspecified atom stereocenters. The number of aromatic hydroxyl groups is 1. The topological polar surface area (TPSA) is 38.7 Å². The van der Waals surface area contributed by atoms with Crippen LogP contribution < -0.4 is 9.47 Å². The Morgan fingerprint density at radius 2 is 1.12 bits per heavy atom. The van der Waals surface area contributed by atoms with Crippen molar-refractivity contribution >= 4 is 0 Å². The predicted octanol–water partition coefficient (Wildman–Crippen LogP) is 3.10. The van der Waals surface area contributed by atoms with Gasteiger partial charge in [0.05, 0.1) is 14.2 Å². The average molecular weight is 232 g/mol. The number of hydrogen-bond donors (Lipinski definition) is 1. The van der Waals surface area contributed by atoms with Gasteiger partial charge in [-0.3, -0.25) is 0 Å². The molecule has 0 amide bonds. The number of phenolic OH excluding ortho intramolecular Hbond substituents is 1. The molecular formula is C14H16O3. The zero-order valence-corrected chi connectivity index (χ0v) is 9.96. The Bertz CT molecular complexity index is 403. The van der Waals surface area contributed by atoms with Crippen molar-refractivity contribution in [2.75, 3.05) is 14.2 Å². The van der Waals surface area contributed by atoms with Crippen molar-refractivity contribution < 1.29 is 14.6 Å². The summed E-state index contributed by atoms with van der Waals surface area (Å²) >= 11 is 0. The average Bonchev–Trinajstić information content (AvgIpc) is 2.40. The fourth-order valence-corrected chi connectivity index (χ4v) is 1.22. The molecule has 0 saturated carbocycles. The quantitative estimate of drug-likeness (QED) is 0.864. The van der Waals surface area contributed by atoms with Gasteiger partial charge in [-0.25, -0.2) is 0 Å². The minimum atomic E-state index is 0.322. The van der Waals surface area contributed by atoms with Gasteiger partial charge in [-0.2, -0.15) is 0 Å². The fourth-order valence-electron chi connectivity index (χ4n) is 1.22. The smallest absolute Gasteiger partial charge is 0.160 e. The summed E-state index contributed by atoms with van der Waals surface area (Å²) in [4.78, 5) is 0. The predicted molar refractivity (Wildman–Crippen MR) is 67.7 cm³/mol. The summed E-state index contributed by atoms with van der Waals surface area (Å²) in [5, 5.41) is 8.63. The molecule has 90 valence electrons. The maximum Gasteiger partial charge on any atom is 0.160 e. The van der Waals surface area contributed by atoms with E-state index in [2.05, 4.69) is 0 Å². The molecule has 0 atom stereocenters. The second kappa shape index (κ2) is 7.17. The Hall–Kier alpha value is -2.16. The SMILES string of the molecule is COc1ccccc1OC.Oc1ccccc1. The van der Waals surface area contributed by atoms with Crippen LogP contribution in [0.3, 0.4) is 0 Å². The van der Waals surface area contributed by atoms with Crippen LogP contribution >= 0.6 is 0 Å². The van der Waals surface area contributed by atoms with Gasteiger partial charge in [-0.15, -0.1) is 0 Å². The second-order valence-electron chi connectivity index (χ2n) is 3.19. The van der Waals surface area contributed by atoms with E-state index in [0.717, 1.165) is 11.5 Å². The highest BCUT2D eigenvalue weighted by Crippen LogP contribution is 2.24. The van der Waals surface area contributed by atoms with E-state index in [1.54, 1.807) is 38.5 Å². The summed E-state index contributed by atoms with van der Waals surface area (Å²) in [6, 6.07) is 16.2. The molecule has 2 aromatic carbocycles. The summed E-state index contributed by atoms with van der Waals surface area (Å²) in [6.07, 6.45) is 0. The molecule has 0 fully saturated rings. The van der Waals surface area contributed by atoms with E-state index in [1.807, 2.05) is 30.3 Å². The molecule has 3 heteroatoms. The van der Waals surface area contributed by atoms with Crippen molar-refractivity contribution in [1.29, 1.82) is 0 Å². The van der Waals surface area contributed by atoms with Gasteiger partial charge >= 0.3 is 0 Å². The van der Waals surface area contributed by atoms with Gasteiger partial charge in [-0.1, -0.05) is 30.3 Å². The molecule has 0 aliphatic carbocycles. The third-order valence-corrected chi connectivity index (χ3v) is 2.05. The summed E-state index contributed by atoms with van der Waals surface area (Å²) in [5.74, 6) is 1.86. The Balaban J connectivity index is 0.000000181. The van der Waals surface area contributed by atoms with Crippen LogP contribution in [-0.4, -0.2) is 19.3 Å². The first-order valence-electron chi connectivity index (χ1n) is 5.19. The lowest BCUT2D eigenvalue weighted by Gasteiger charge is -2.04. The van der Waals surface area contributed by atoms with Crippen LogP contribution in [-0.2, 0) is 0 Å². The first-order valence-corrected chi connectivity index (χ1v) is 5.19. The highest BCUT2D eigenvalue weighted by molar-refractivity contribution is 5.39. The molecule has 2 rings (SSSR count). The number of benzene rings is 2. The van der Waals surface area contributed by atoms with Gasteiger partial charge in [0.2, 0.25) is 0 Å². The van der Waals surface area contributed by atoms with Crippen LogP contribution in [0, 0.1) is 0 Å². The van der Waals surface area contributed by atoms with Crippen LogP contribution in [0.1, 0.15) is 0 Å². The van der Waals surface area contributed by atoms with E-state index < -0.39 is 0 Å². The third kappa shape index (κ3) is 4.47. The van der Waals surface area contributed by atoms with Crippen molar-refractivity contribution in [3.8, 4) is 17.2 Å². The number of para-hydroxylation sites is 3. The lowest BCUT2D eigenvalue weighted by atomic mass is 10.3. The van der Waals surface area contributed by atoms with E-state index in [9.17, 15) is 0 Å². The maximum absolute atomic E-state index is 8.63. The fraction of sp³-hybridized carbons (Fsp3) is 0.143. The molecule has 0 aliphatic rings. The lowest BCUT2D eigenvalue weighted by Crippen LogP contribution is -1.88. The van der Waals surface area contributed by atoms with E-state index in [0.29, 0.717) is 5.75 Å². The van der Waals surface area contributed by atoms with Crippen molar-refractivity contribution in [1.82, 2.24) is 0 Å². The lowest BCUT2D eigenvalue weighted by molar-refractivity contribution is 0.355. The summed E-state index contributed by atoms with van der Waals surface area (Å²) in [7, 11) is 3.25. The Labute approximate surface area is 101 Å². The first kappa shape index (κ1) is 12.9. The normalized spacial score (nSPS) is 8.82. The highest BCUT2D eigenvalue weighted by Gasteiger charge is 1.97. The zero-order valence-electron chi connectivity index (χ0n) is 9.96. The number of ether oxygens (including phenoxy) is 2. The van der Waals surface area contributed by atoms with Gasteiger partial charge < -0.3 is 14.6 Å². The van der Waals surface area contributed by atoms with Crippen LogP contribution in [0.4, 0.5) is 0 Å². The molecule has 1 N–H and O–H groups in total.